The van der Waals surface area contributed by atoms with Gasteiger partial charge in [-0.25, -0.2) is 4.39 Å². The molecule has 2 aromatic rings. The Hall–Kier alpha value is -1.87. The first-order valence-corrected chi connectivity index (χ1v) is 5.56. The highest BCUT2D eigenvalue weighted by Crippen LogP contribution is 2.17. The van der Waals surface area contributed by atoms with Crippen molar-refractivity contribution in [3.8, 4) is 6.07 Å². The van der Waals surface area contributed by atoms with Crippen molar-refractivity contribution >= 4 is 21.7 Å². The minimum Gasteiger partial charge on any atom is -0.381 e. The second kappa shape index (κ2) is 4.55. The Morgan fingerprint density at radius 1 is 1.47 bits per heavy atom. The van der Waals surface area contributed by atoms with Crippen LogP contribution in [0.15, 0.2) is 28.9 Å². The first-order valence-electron chi connectivity index (χ1n) is 4.76. The molecule has 2 N–H and O–H groups in total. The maximum absolute atomic E-state index is 13.2. The van der Waals surface area contributed by atoms with E-state index in [-0.39, 0.29) is 0 Å². The highest BCUT2D eigenvalue weighted by atomic mass is 79.9. The van der Waals surface area contributed by atoms with Gasteiger partial charge in [-0.3, -0.25) is 4.68 Å². The lowest BCUT2D eigenvalue weighted by atomic mass is 10.1. The van der Waals surface area contributed by atoms with E-state index in [1.54, 1.807) is 16.9 Å². The molecule has 0 bridgehead atoms. The van der Waals surface area contributed by atoms with Crippen LogP contribution in [0.3, 0.4) is 0 Å². The minimum atomic E-state index is -0.432. The lowest BCUT2D eigenvalue weighted by Crippen LogP contribution is -2.02. The molecular weight excluding hydrogens is 287 g/mol. The molecule has 17 heavy (non-hydrogen) atoms. The molecule has 1 aromatic carbocycles. The number of aromatic nitrogens is 2. The largest absolute Gasteiger partial charge is 0.381 e. The summed E-state index contributed by atoms with van der Waals surface area (Å²) in [6, 6.07) is 6.09. The van der Waals surface area contributed by atoms with Crippen LogP contribution < -0.4 is 5.73 Å². The molecule has 0 aliphatic heterocycles. The molecule has 0 saturated carbocycles. The average Bonchev–Trinajstić information content (AvgIpc) is 2.57. The standard InChI is InChI=1S/C11H8BrFN4/c12-10-6-17(16-11(10)15)5-8-1-7(4-14)2-9(13)3-8/h1-3,6H,5H2,(H2,15,16). The molecule has 0 fully saturated rings. The van der Waals surface area contributed by atoms with Crippen LogP contribution in [0.4, 0.5) is 10.2 Å². The monoisotopic (exact) mass is 294 g/mol. The van der Waals surface area contributed by atoms with E-state index in [0.717, 1.165) is 0 Å². The molecule has 0 aliphatic carbocycles. The van der Waals surface area contributed by atoms with Crippen molar-refractivity contribution in [2.24, 2.45) is 0 Å². The molecule has 0 amide bonds. The molecule has 86 valence electrons. The van der Waals surface area contributed by atoms with E-state index in [2.05, 4.69) is 21.0 Å². The van der Waals surface area contributed by atoms with Crippen LogP contribution in [0.1, 0.15) is 11.1 Å². The van der Waals surface area contributed by atoms with E-state index in [1.165, 1.54) is 12.1 Å². The maximum atomic E-state index is 13.2. The maximum Gasteiger partial charge on any atom is 0.159 e. The van der Waals surface area contributed by atoms with Gasteiger partial charge in [0, 0.05) is 6.20 Å². The topological polar surface area (TPSA) is 67.6 Å². The average molecular weight is 295 g/mol. The first-order chi connectivity index (χ1) is 8.08. The molecular formula is C11H8BrFN4. The van der Waals surface area contributed by atoms with Crippen LogP contribution in [0.25, 0.3) is 0 Å². The normalized spacial score (nSPS) is 10.2. The number of halogens is 2. The Labute approximate surface area is 106 Å². The third-order valence-electron chi connectivity index (χ3n) is 2.17. The van der Waals surface area contributed by atoms with E-state index >= 15 is 0 Å². The van der Waals surface area contributed by atoms with Crippen molar-refractivity contribution in [3.05, 3.63) is 45.8 Å². The van der Waals surface area contributed by atoms with Gasteiger partial charge in [-0.05, 0) is 39.7 Å². The summed E-state index contributed by atoms with van der Waals surface area (Å²) >= 11 is 3.24. The molecule has 1 aromatic heterocycles. The summed E-state index contributed by atoms with van der Waals surface area (Å²) < 4.78 is 15.5. The summed E-state index contributed by atoms with van der Waals surface area (Å²) in [6.07, 6.45) is 1.70. The SMILES string of the molecule is N#Cc1cc(F)cc(Cn2cc(Br)c(N)n2)c1. The van der Waals surface area contributed by atoms with Gasteiger partial charge in [0.1, 0.15) is 5.82 Å². The van der Waals surface area contributed by atoms with Crippen LogP contribution in [-0.2, 0) is 6.54 Å². The molecule has 2 rings (SSSR count). The number of rotatable bonds is 2. The molecule has 0 spiro atoms. The van der Waals surface area contributed by atoms with E-state index in [9.17, 15) is 4.39 Å². The number of nitrogen functional groups attached to an aromatic ring is 1. The van der Waals surface area contributed by atoms with Crippen molar-refractivity contribution in [2.75, 3.05) is 5.73 Å². The Kier molecular flexibility index (Phi) is 3.11. The molecule has 4 nitrogen and oxygen atoms in total. The molecule has 0 aliphatic rings. The number of nitrogens with two attached hydrogens (primary N) is 1. The predicted molar refractivity (Wildman–Crippen MR) is 64.6 cm³/mol. The summed E-state index contributed by atoms with van der Waals surface area (Å²) in [6.45, 7) is 0.363. The van der Waals surface area contributed by atoms with Crippen molar-refractivity contribution < 1.29 is 4.39 Å². The van der Waals surface area contributed by atoms with Crippen molar-refractivity contribution in [3.63, 3.8) is 0 Å². The fourth-order valence-electron chi connectivity index (χ4n) is 1.49. The van der Waals surface area contributed by atoms with Gasteiger partial charge >= 0.3 is 0 Å². The van der Waals surface area contributed by atoms with Gasteiger partial charge in [-0.1, -0.05) is 0 Å². The zero-order chi connectivity index (χ0) is 12.4. The summed E-state index contributed by atoms with van der Waals surface area (Å²) in [4.78, 5) is 0. The second-order valence-electron chi connectivity index (χ2n) is 3.52. The summed E-state index contributed by atoms with van der Waals surface area (Å²) in [7, 11) is 0. The van der Waals surface area contributed by atoms with Crippen LogP contribution in [0.2, 0.25) is 0 Å². The van der Waals surface area contributed by atoms with Gasteiger partial charge in [0.15, 0.2) is 5.82 Å². The van der Waals surface area contributed by atoms with Crippen molar-refractivity contribution in [1.29, 1.82) is 5.26 Å². The smallest absolute Gasteiger partial charge is 0.159 e. The Balaban J connectivity index is 2.30. The van der Waals surface area contributed by atoms with Crippen LogP contribution in [-0.4, -0.2) is 9.78 Å². The lowest BCUT2D eigenvalue weighted by molar-refractivity contribution is 0.619. The van der Waals surface area contributed by atoms with E-state index < -0.39 is 5.82 Å². The lowest BCUT2D eigenvalue weighted by Gasteiger charge is -2.02. The molecule has 6 heteroatoms. The van der Waals surface area contributed by atoms with E-state index in [4.69, 9.17) is 11.0 Å². The highest BCUT2D eigenvalue weighted by molar-refractivity contribution is 9.10. The quantitative estimate of drug-likeness (QED) is 0.924. The summed E-state index contributed by atoms with van der Waals surface area (Å²) in [5.74, 6) is -0.0554. The van der Waals surface area contributed by atoms with E-state index in [0.29, 0.717) is 28.0 Å². The first kappa shape index (κ1) is 11.6. The number of hydrogen-bond donors (Lipinski definition) is 1. The van der Waals surface area contributed by atoms with Gasteiger partial charge < -0.3 is 5.73 Å². The number of nitriles is 1. The highest BCUT2D eigenvalue weighted by Gasteiger charge is 2.05. The van der Waals surface area contributed by atoms with Crippen LogP contribution >= 0.6 is 15.9 Å². The van der Waals surface area contributed by atoms with Gasteiger partial charge in [-0.2, -0.15) is 10.4 Å². The Morgan fingerprint density at radius 3 is 2.82 bits per heavy atom. The van der Waals surface area contributed by atoms with Crippen LogP contribution in [0, 0.1) is 17.1 Å². The summed E-state index contributed by atoms with van der Waals surface area (Å²) in [5.41, 5.74) is 6.53. The summed E-state index contributed by atoms with van der Waals surface area (Å²) in [5, 5.41) is 12.8. The third kappa shape index (κ3) is 2.63. The fourth-order valence-corrected chi connectivity index (χ4v) is 1.80. The van der Waals surface area contributed by atoms with Gasteiger partial charge in [-0.15, -0.1) is 0 Å². The van der Waals surface area contributed by atoms with Gasteiger partial charge in [0.05, 0.1) is 22.7 Å². The van der Waals surface area contributed by atoms with Crippen LogP contribution in [0.5, 0.6) is 0 Å². The fraction of sp³-hybridized carbons (Fsp3) is 0.0909. The van der Waals surface area contributed by atoms with Crippen molar-refractivity contribution in [1.82, 2.24) is 9.78 Å². The van der Waals surface area contributed by atoms with Gasteiger partial charge in [0.2, 0.25) is 0 Å². The number of nitrogens with zero attached hydrogens (tertiary/aromatic N) is 3. The molecule has 0 saturated heterocycles. The third-order valence-corrected chi connectivity index (χ3v) is 2.79. The van der Waals surface area contributed by atoms with E-state index in [1.807, 2.05) is 6.07 Å². The Morgan fingerprint density at radius 2 is 2.24 bits per heavy atom. The molecule has 0 unspecified atom stereocenters. The minimum absolute atomic E-state index is 0.291. The second-order valence-corrected chi connectivity index (χ2v) is 4.37. The molecule has 0 radical (unpaired) electrons. The number of hydrogen-bond acceptors (Lipinski definition) is 3. The molecule has 0 atom stereocenters. The van der Waals surface area contributed by atoms with Gasteiger partial charge in [0.25, 0.3) is 0 Å². The predicted octanol–water partition coefficient (Wildman–Crippen LogP) is 2.29. The zero-order valence-corrected chi connectivity index (χ0v) is 10.3. The van der Waals surface area contributed by atoms with Crippen molar-refractivity contribution in [2.45, 2.75) is 6.54 Å². The Bertz CT molecular complexity index is 581. The molecule has 1 heterocycles. The zero-order valence-electron chi connectivity index (χ0n) is 8.69. The number of benzene rings is 1. The number of anilines is 1.